The van der Waals surface area contributed by atoms with Crippen molar-refractivity contribution in [1.29, 1.82) is 0 Å². The van der Waals surface area contributed by atoms with E-state index in [0.717, 1.165) is 32.1 Å². The second-order valence-corrected chi connectivity index (χ2v) is 8.94. The number of halogens is 2. The summed E-state index contributed by atoms with van der Waals surface area (Å²) in [5.41, 5.74) is -0.815. The summed E-state index contributed by atoms with van der Waals surface area (Å²) >= 11 is 2.01. The topological polar surface area (TPSA) is 67.4 Å². The molecule has 1 aromatic carbocycles. The number of carbonyl (C=O) groups is 2. The van der Waals surface area contributed by atoms with Gasteiger partial charge in [-0.05, 0) is 74.4 Å². The van der Waals surface area contributed by atoms with Gasteiger partial charge in [-0.2, -0.15) is 0 Å². The van der Waals surface area contributed by atoms with E-state index in [1.165, 1.54) is 12.1 Å². The van der Waals surface area contributed by atoms with Crippen molar-refractivity contribution in [1.82, 2.24) is 10.6 Å². The van der Waals surface area contributed by atoms with Gasteiger partial charge in [0.15, 0.2) is 0 Å². The van der Waals surface area contributed by atoms with E-state index >= 15 is 0 Å². The molecule has 0 spiro atoms. The summed E-state index contributed by atoms with van der Waals surface area (Å²) in [5.74, 6) is -0.792. The van der Waals surface area contributed by atoms with Crippen molar-refractivity contribution in [2.75, 3.05) is 6.54 Å². The number of benzene rings is 1. The highest BCUT2D eigenvalue weighted by Gasteiger charge is 2.35. The van der Waals surface area contributed by atoms with Crippen molar-refractivity contribution in [2.24, 2.45) is 0 Å². The van der Waals surface area contributed by atoms with Crippen LogP contribution in [-0.4, -0.2) is 29.7 Å². The molecule has 0 radical (unpaired) electrons. The van der Waals surface area contributed by atoms with Crippen LogP contribution < -0.4 is 10.6 Å². The Morgan fingerprint density at radius 1 is 1.23 bits per heavy atom. The molecule has 26 heavy (non-hydrogen) atoms. The molecule has 0 heterocycles. The van der Waals surface area contributed by atoms with E-state index in [2.05, 4.69) is 10.6 Å². The lowest BCUT2D eigenvalue weighted by atomic mass is 9.81. The molecule has 0 bridgehead atoms. The van der Waals surface area contributed by atoms with Crippen LogP contribution >= 0.6 is 22.6 Å². The highest BCUT2D eigenvalue weighted by Crippen LogP contribution is 2.28. The van der Waals surface area contributed by atoms with Gasteiger partial charge in [-0.15, -0.1) is 0 Å². The van der Waals surface area contributed by atoms with Gasteiger partial charge in [0.1, 0.15) is 11.4 Å². The molecule has 1 saturated carbocycles. The van der Waals surface area contributed by atoms with Crippen LogP contribution in [0.4, 0.5) is 9.18 Å². The van der Waals surface area contributed by atoms with E-state index in [9.17, 15) is 14.0 Å². The molecule has 2 amide bonds. The normalized spacial score (nSPS) is 16.7. The molecule has 0 saturated heterocycles. The average molecular weight is 476 g/mol. The minimum absolute atomic E-state index is 0.289. The fourth-order valence-electron chi connectivity index (χ4n) is 3.11. The zero-order valence-electron chi connectivity index (χ0n) is 15.5. The first-order valence-electron chi connectivity index (χ1n) is 8.85. The smallest absolute Gasteiger partial charge is 0.408 e. The second kappa shape index (κ2) is 8.54. The molecule has 2 N–H and O–H groups in total. The monoisotopic (exact) mass is 476 g/mol. The van der Waals surface area contributed by atoms with Crippen LogP contribution in [0.3, 0.4) is 0 Å². The predicted octanol–water partition coefficient (Wildman–Crippen LogP) is 4.39. The van der Waals surface area contributed by atoms with Crippen LogP contribution in [0.5, 0.6) is 0 Å². The van der Waals surface area contributed by atoms with Gasteiger partial charge in [0, 0.05) is 10.1 Å². The Morgan fingerprint density at radius 3 is 2.50 bits per heavy atom. The number of amides is 2. The molecular formula is C19H26FIN2O3. The Bertz CT molecular complexity index is 667. The number of nitrogens with one attached hydrogen (secondary N) is 2. The Labute approximate surface area is 167 Å². The highest BCUT2D eigenvalue weighted by molar-refractivity contribution is 14.1. The van der Waals surface area contributed by atoms with E-state index in [1.54, 1.807) is 6.07 Å². The third-order valence-electron chi connectivity index (χ3n) is 4.34. The number of rotatable bonds is 4. The molecule has 144 valence electrons. The predicted molar refractivity (Wildman–Crippen MR) is 107 cm³/mol. The van der Waals surface area contributed by atoms with Gasteiger partial charge >= 0.3 is 6.09 Å². The summed E-state index contributed by atoms with van der Waals surface area (Å²) in [6.07, 6.45) is 4.12. The summed E-state index contributed by atoms with van der Waals surface area (Å²) in [7, 11) is 0. The van der Waals surface area contributed by atoms with Crippen LogP contribution in [0.2, 0.25) is 0 Å². The van der Waals surface area contributed by atoms with Crippen molar-refractivity contribution in [3.63, 3.8) is 0 Å². The van der Waals surface area contributed by atoms with Gasteiger partial charge in [-0.25, -0.2) is 9.18 Å². The van der Waals surface area contributed by atoms with Crippen molar-refractivity contribution < 1.29 is 18.7 Å². The van der Waals surface area contributed by atoms with Crippen molar-refractivity contribution >= 4 is 34.6 Å². The lowest BCUT2D eigenvalue weighted by Gasteiger charge is -2.38. The zero-order chi connectivity index (χ0) is 19.4. The number of hydrogen-bond acceptors (Lipinski definition) is 3. The summed E-state index contributed by atoms with van der Waals surface area (Å²) in [5, 5.41) is 5.83. The highest BCUT2D eigenvalue weighted by atomic mass is 127. The maximum Gasteiger partial charge on any atom is 0.408 e. The quantitative estimate of drug-likeness (QED) is 0.634. The maximum absolute atomic E-state index is 13.5. The second-order valence-electron chi connectivity index (χ2n) is 7.77. The summed E-state index contributed by atoms with van der Waals surface area (Å²) in [6, 6.07) is 4.12. The van der Waals surface area contributed by atoms with Crippen LogP contribution in [0.25, 0.3) is 0 Å². The first-order valence-corrected chi connectivity index (χ1v) is 9.93. The van der Waals surface area contributed by atoms with E-state index in [4.69, 9.17) is 4.74 Å². The fraction of sp³-hybridized carbons (Fsp3) is 0.579. The zero-order valence-corrected chi connectivity index (χ0v) is 17.6. The van der Waals surface area contributed by atoms with Crippen LogP contribution in [0.1, 0.15) is 63.2 Å². The van der Waals surface area contributed by atoms with Gasteiger partial charge in [-0.3, -0.25) is 4.79 Å². The van der Waals surface area contributed by atoms with Gasteiger partial charge in [0.25, 0.3) is 5.91 Å². The Morgan fingerprint density at radius 2 is 1.88 bits per heavy atom. The van der Waals surface area contributed by atoms with Crippen LogP contribution in [-0.2, 0) is 4.74 Å². The molecule has 1 aliphatic carbocycles. The Hall–Kier alpha value is -1.38. The lowest BCUT2D eigenvalue weighted by Crippen LogP contribution is -2.57. The largest absolute Gasteiger partial charge is 0.444 e. The third-order valence-corrected chi connectivity index (χ3v) is 5.28. The SMILES string of the molecule is CC(C)(C)OC(=O)NC1(CNC(=O)c2cc(F)ccc2I)CCCCC1. The maximum atomic E-state index is 13.5. The van der Waals surface area contributed by atoms with Crippen molar-refractivity contribution in [2.45, 2.75) is 64.0 Å². The molecule has 2 rings (SSSR count). The van der Waals surface area contributed by atoms with Crippen molar-refractivity contribution in [3.05, 3.63) is 33.1 Å². The number of ether oxygens (including phenoxy) is 1. The number of alkyl carbamates (subject to hydrolysis) is 1. The number of hydrogen-bond donors (Lipinski definition) is 2. The molecule has 1 aliphatic rings. The Kier molecular flexibility index (Phi) is 6.87. The lowest BCUT2D eigenvalue weighted by molar-refractivity contribution is 0.0419. The summed E-state index contributed by atoms with van der Waals surface area (Å²) in [6.45, 7) is 5.73. The van der Waals surface area contributed by atoms with E-state index in [1.807, 2.05) is 43.4 Å². The summed E-state index contributed by atoms with van der Waals surface area (Å²) < 4.78 is 19.5. The van der Waals surface area contributed by atoms with Gasteiger partial charge in [-0.1, -0.05) is 19.3 Å². The van der Waals surface area contributed by atoms with Crippen LogP contribution in [0, 0.1) is 9.39 Å². The Balaban J connectivity index is 2.06. The summed E-state index contributed by atoms with van der Waals surface area (Å²) in [4.78, 5) is 24.7. The average Bonchev–Trinajstić information content (AvgIpc) is 2.54. The molecule has 5 nitrogen and oxygen atoms in total. The molecule has 1 aromatic rings. The van der Waals surface area contributed by atoms with Gasteiger partial charge < -0.3 is 15.4 Å². The van der Waals surface area contributed by atoms with Crippen LogP contribution in [0.15, 0.2) is 18.2 Å². The molecule has 0 unspecified atom stereocenters. The molecule has 1 fully saturated rings. The van der Waals surface area contributed by atoms with Gasteiger partial charge in [0.2, 0.25) is 0 Å². The van der Waals surface area contributed by atoms with Crippen molar-refractivity contribution in [3.8, 4) is 0 Å². The van der Waals surface area contributed by atoms with E-state index in [-0.39, 0.29) is 12.5 Å². The third kappa shape index (κ3) is 6.10. The molecule has 0 aliphatic heterocycles. The fourth-order valence-corrected chi connectivity index (χ4v) is 3.69. The van der Waals surface area contributed by atoms with E-state index in [0.29, 0.717) is 9.13 Å². The minimum Gasteiger partial charge on any atom is -0.444 e. The molecular weight excluding hydrogens is 450 g/mol. The minimum atomic E-state index is -0.582. The first kappa shape index (κ1) is 20.9. The molecule has 7 heteroatoms. The molecule has 0 aromatic heterocycles. The van der Waals surface area contributed by atoms with Gasteiger partial charge in [0.05, 0.1) is 11.1 Å². The van der Waals surface area contributed by atoms with E-state index < -0.39 is 23.1 Å². The first-order chi connectivity index (χ1) is 12.1. The standard InChI is InChI=1S/C19H26FIN2O3/c1-18(2,3)26-17(25)23-19(9-5-4-6-10-19)12-22-16(24)14-11-13(20)7-8-15(14)21/h7-8,11H,4-6,9-10,12H2,1-3H3,(H,22,24)(H,23,25). The molecule has 0 atom stereocenters. The number of carbonyl (C=O) groups excluding carboxylic acids is 2.